The van der Waals surface area contributed by atoms with E-state index < -0.39 is 0 Å². The summed E-state index contributed by atoms with van der Waals surface area (Å²) in [4.78, 5) is 4.52. The van der Waals surface area contributed by atoms with Crippen molar-refractivity contribution in [1.29, 1.82) is 0 Å². The number of benzene rings is 2. The fourth-order valence-corrected chi connectivity index (χ4v) is 2.80. The zero-order chi connectivity index (χ0) is 17.6. The molecule has 0 radical (unpaired) electrons. The highest BCUT2D eigenvalue weighted by atomic mass is 79.9. The Morgan fingerprint density at radius 2 is 1.84 bits per heavy atom. The highest BCUT2D eigenvalue weighted by Crippen LogP contribution is 2.30. The summed E-state index contributed by atoms with van der Waals surface area (Å²) in [5, 5.41) is 3.35. The molecule has 1 aromatic heterocycles. The van der Waals surface area contributed by atoms with Gasteiger partial charge in [0.25, 0.3) is 0 Å². The minimum Gasteiger partial charge on any atom is -0.493 e. The van der Waals surface area contributed by atoms with Gasteiger partial charge in [-0.25, -0.2) is 4.98 Å². The second-order valence-corrected chi connectivity index (χ2v) is 6.32. The minimum atomic E-state index is 0.598. The van der Waals surface area contributed by atoms with Gasteiger partial charge in [0.05, 0.1) is 19.9 Å². The lowest BCUT2D eigenvalue weighted by atomic mass is 10.2. The van der Waals surface area contributed by atoms with E-state index in [1.165, 1.54) is 0 Å². The molecule has 130 valence electrons. The molecular formula is C19H19BrN2O3. The third-order valence-corrected chi connectivity index (χ3v) is 4.28. The van der Waals surface area contributed by atoms with Crippen LogP contribution in [-0.4, -0.2) is 19.2 Å². The minimum absolute atomic E-state index is 0.598. The Morgan fingerprint density at radius 3 is 2.56 bits per heavy atom. The molecule has 25 heavy (non-hydrogen) atoms. The fraction of sp³-hybridized carbons (Fsp3) is 0.211. The Labute approximate surface area is 155 Å². The van der Waals surface area contributed by atoms with Crippen LogP contribution in [0.3, 0.4) is 0 Å². The average molecular weight is 403 g/mol. The number of hydrogen-bond donors (Lipinski definition) is 1. The van der Waals surface area contributed by atoms with Crippen LogP contribution in [0.25, 0.3) is 11.5 Å². The number of rotatable bonds is 7. The normalized spacial score (nSPS) is 10.7. The summed E-state index contributed by atoms with van der Waals surface area (Å²) >= 11 is 3.42. The molecule has 0 saturated heterocycles. The molecule has 0 fully saturated rings. The predicted octanol–water partition coefficient (Wildman–Crippen LogP) is 4.41. The molecule has 1 heterocycles. The van der Waals surface area contributed by atoms with Crippen LogP contribution in [0.4, 0.5) is 0 Å². The van der Waals surface area contributed by atoms with Crippen molar-refractivity contribution >= 4 is 15.9 Å². The highest BCUT2D eigenvalue weighted by molar-refractivity contribution is 9.10. The van der Waals surface area contributed by atoms with Gasteiger partial charge in [-0.2, -0.15) is 0 Å². The first kappa shape index (κ1) is 17.5. The molecule has 1 N–H and O–H groups in total. The number of methoxy groups -OCH3 is 2. The molecule has 5 nitrogen and oxygen atoms in total. The maximum Gasteiger partial charge on any atom is 0.226 e. The largest absolute Gasteiger partial charge is 0.493 e. The Kier molecular flexibility index (Phi) is 5.73. The third-order valence-electron chi connectivity index (χ3n) is 3.75. The zero-order valence-corrected chi connectivity index (χ0v) is 15.7. The molecule has 3 rings (SSSR count). The van der Waals surface area contributed by atoms with Crippen molar-refractivity contribution in [1.82, 2.24) is 10.3 Å². The molecule has 0 spiro atoms. The van der Waals surface area contributed by atoms with Gasteiger partial charge in [-0.05, 0) is 30.3 Å². The van der Waals surface area contributed by atoms with E-state index in [9.17, 15) is 0 Å². The van der Waals surface area contributed by atoms with Gasteiger partial charge in [-0.3, -0.25) is 0 Å². The van der Waals surface area contributed by atoms with Gasteiger partial charge in [0.2, 0.25) is 5.89 Å². The Bertz CT molecular complexity index is 831. The van der Waals surface area contributed by atoms with Crippen LogP contribution < -0.4 is 14.8 Å². The lowest BCUT2D eigenvalue weighted by Crippen LogP contribution is -2.13. The standard InChI is InChI=1S/C19H19BrN2O3/c1-23-17-5-3-4-14(18(17)24-2)10-21-11-16-12-25-19(22-16)13-6-8-15(20)9-7-13/h3-9,12,21H,10-11H2,1-2H3. The number of nitrogens with one attached hydrogen (secondary N) is 1. The van der Waals surface area contributed by atoms with Gasteiger partial charge in [0, 0.05) is 28.7 Å². The molecule has 6 heteroatoms. The van der Waals surface area contributed by atoms with Crippen molar-refractivity contribution in [2.75, 3.05) is 14.2 Å². The van der Waals surface area contributed by atoms with Gasteiger partial charge in [-0.1, -0.05) is 28.1 Å². The molecule has 0 amide bonds. The maximum atomic E-state index is 5.56. The molecule has 0 unspecified atom stereocenters. The summed E-state index contributed by atoms with van der Waals surface area (Å²) in [5.41, 5.74) is 2.82. The lowest BCUT2D eigenvalue weighted by molar-refractivity contribution is 0.350. The van der Waals surface area contributed by atoms with E-state index in [-0.39, 0.29) is 0 Å². The average Bonchev–Trinajstić information content (AvgIpc) is 3.11. The number of nitrogens with zero attached hydrogens (tertiary/aromatic N) is 1. The Hall–Kier alpha value is -2.31. The van der Waals surface area contributed by atoms with Crippen LogP contribution in [0.5, 0.6) is 11.5 Å². The van der Waals surface area contributed by atoms with Crippen LogP contribution in [-0.2, 0) is 13.1 Å². The summed E-state index contributed by atoms with van der Waals surface area (Å²) in [6.45, 7) is 1.24. The monoisotopic (exact) mass is 402 g/mol. The Morgan fingerprint density at radius 1 is 1.04 bits per heavy atom. The number of para-hydroxylation sites is 1. The van der Waals surface area contributed by atoms with Crippen molar-refractivity contribution < 1.29 is 13.9 Å². The number of ether oxygens (including phenoxy) is 2. The fourth-order valence-electron chi connectivity index (χ4n) is 2.53. The highest BCUT2D eigenvalue weighted by Gasteiger charge is 2.10. The SMILES string of the molecule is COc1cccc(CNCc2coc(-c3ccc(Br)cc3)n2)c1OC. The van der Waals surface area contributed by atoms with Gasteiger partial charge in [-0.15, -0.1) is 0 Å². The van der Waals surface area contributed by atoms with Crippen molar-refractivity contribution in [3.05, 3.63) is 64.5 Å². The molecule has 2 aromatic carbocycles. The second-order valence-electron chi connectivity index (χ2n) is 5.41. The second kappa shape index (κ2) is 8.18. The maximum absolute atomic E-state index is 5.56. The van der Waals surface area contributed by atoms with E-state index in [4.69, 9.17) is 13.9 Å². The van der Waals surface area contributed by atoms with Crippen molar-refractivity contribution in [2.45, 2.75) is 13.1 Å². The molecule has 0 aliphatic heterocycles. The first-order valence-electron chi connectivity index (χ1n) is 7.82. The third kappa shape index (κ3) is 4.21. The summed E-state index contributed by atoms with van der Waals surface area (Å²) in [7, 11) is 3.28. The van der Waals surface area contributed by atoms with E-state index >= 15 is 0 Å². The van der Waals surface area contributed by atoms with E-state index in [2.05, 4.69) is 26.2 Å². The predicted molar refractivity (Wildman–Crippen MR) is 99.7 cm³/mol. The molecule has 0 aliphatic rings. The lowest BCUT2D eigenvalue weighted by Gasteiger charge is -2.12. The van der Waals surface area contributed by atoms with Crippen molar-refractivity contribution in [3.63, 3.8) is 0 Å². The number of aromatic nitrogens is 1. The molecule has 0 bridgehead atoms. The summed E-state index contributed by atoms with van der Waals surface area (Å²) in [5.74, 6) is 2.08. The quantitative estimate of drug-likeness (QED) is 0.633. The van der Waals surface area contributed by atoms with Gasteiger partial charge >= 0.3 is 0 Å². The van der Waals surface area contributed by atoms with Crippen LogP contribution in [0, 0.1) is 0 Å². The number of hydrogen-bond acceptors (Lipinski definition) is 5. The van der Waals surface area contributed by atoms with Crippen LogP contribution >= 0.6 is 15.9 Å². The first-order chi connectivity index (χ1) is 12.2. The Balaban J connectivity index is 1.63. The van der Waals surface area contributed by atoms with Crippen molar-refractivity contribution in [2.24, 2.45) is 0 Å². The van der Waals surface area contributed by atoms with Crippen molar-refractivity contribution in [3.8, 4) is 23.0 Å². The van der Waals surface area contributed by atoms with Crippen LogP contribution in [0.2, 0.25) is 0 Å². The zero-order valence-electron chi connectivity index (χ0n) is 14.1. The summed E-state index contributed by atoms with van der Waals surface area (Å²) < 4.78 is 17.3. The number of halogens is 1. The summed E-state index contributed by atoms with van der Waals surface area (Å²) in [6, 6.07) is 13.7. The topological polar surface area (TPSA) is 56.5 Å². The van der Waals surface area contributed by atoms with E-state index in [0.717, 1.165) is 32.8 Å². The molecule has 0 atom stereocenters. The number of oxazole rings is 1. The molecule has 0 aliphatic carbocycles. The van der Waals surface area contributed by atoms with Gasteiger partial charge < -0.3 is 19.2 Å². The van der Waals surface area contributed by atoms with Crippen LogP contribution in [0.1, 0.15) is 11.3 Å². The summed E-state index contributed by atoms with van der Waals surface area (Å²) in [6.07, 6.45) is 1.67. The van der Waals surface area contributed by atoms with E-state index in [1.807, 2.05) is 42.5 Å². The van der Waals surface area contributed by atoms with Crippen LogP contribution in [0.15, 0.2) is 57.6 Å². The molecular weight excluding hydrogens is 384 g/mol. The molecule has 0 saturated carbocycles. The van der Waals surface area contributed by atoms with E-state index in [1.54, 1.807) is 20.5 Å². The van der Waals surface area contributed by atoms with Gasteiger partial charge in [0.1, 0.15) is 6.26 Å². The van der Waals surface area contributed by atoms with E-state index in [0.29, 0.717) is 19.0 Å². The first-order valence-corrected chi connectivity index (χ1v) is 8.61. The smallest absolute Gasteiger partial charge is 0.226 e. The van der Waals surface area contributed by atoms with Gasteiger partial charge in [0.15, 0.2) is 11.5 Å². The molecule has 3 aromatic rings.